The van der Waals surface area contributed by atoms with Gasteiger partial charge in [0.25, 0.3) is 0 Å². The molecule has 0 aromatic carbocycles. The molecular weight excluding hydrogens is 381 g/mol. The molecule has 2 aromatic rings. The van der Waals surface area contributed by atoms with Gasteiger partial charge in [-0.05, 0) is 61.2 Å². The summed E-state index contributed by atoms with van der Waals surface area (Å²) in [5, 5.41) is 3.24. The summed E-state index contributed by atoms with van der Waals surface area (Å²) in [7, 11) is 0. The molecule has 0 saturated heterocycles. The standard InChI is InChI=1S/C15H21BrFN5S/c1-4-9(5-6-10-7-8-11(16)23-10)19-14-21-12(15(2,3)17)20-13(18)22-14/h7-9H,4-6H2,1-3H3,(H3,18,19,20,21,22). The zero-order valence-electron chi connectivity index (χ0n) is 13.4. The lowest BCUT2D eigenvalue weighted by Gasteiger charge is -2.18. The number of hydrogen-bond acceptors (Lipinski definition) is 6. The second-order valence-electron chi connectivity index (χ2n) is 5.81. The van der Waals surface area contributed by atoms with E-state index in [9.17, 15) is 4.39 Å². The molecule has 2 aromatic heterocycles. The second kappa shape index (κ2) is 7.53. The van der Waals surface area contributed by atoms with Crippen LogP contribution in [0.25, 0.3) is 0 Å². The van der Waals surface area contributed by atoms with Gasteiger partial charge in [0, 0.05) is 10.9 Å². The summed E-state index contributed by atoms with van der Waals surface area (Å²) < 4.78 is 15.2. The molecule has 1 unspecified atom stereocenters. The molecule has 0 radical (unpaired) electrons. The number of nitrogens with two attached hydrogens (primary N) is 1. The lowest BCUT2D eigenvalue weighted by Crippen LogP contribution is -2.24. The Kier molecular flexibility index (Phi) is 5.91. The van der Waals surface area contributed by atoms with Crippen molar-refractivity contribution in [2.45, 2.75) is 51.7 Å². The zero-order valence-corrected chi connectivity index (χ0v) is 15.8. The summed E-state index contributed by atoms with van der Waals surface area (Å²) in [6.07, 6.45) is 2.81. The summed E-state index contributed by atoms with van der Waals surface area (Å²) in [6.45, 7) is 4.89. The minimum atomic E-state index is -1.65. The average Bonchev–Trinajstić information content (AvgIpc) is 2.87. The van der Waals surface area contributed by atoms with Gasteiger partial charge in [0.05, 0.1) is 3.79 Å². The van der Waals surface area contributed by atoms with E-state index in [0.29, 0.717) is 5.95 Å². The summed E-state index contributed by atoms with van der Waals surface area (Å²) >= 11 is 5.20. The van der Waals surface area contributed by atoms with E-state index in [0.717, 1.165) is 23.0 Å². The number of nitrogen functional groups attached to an aromatic ring is 1. The van der Waals surface area contributed by atoms with Crippen LogP contribution in [0, 0.1) is 0 Å². The first-order valence-corrected chi connectivity index (χ1v) is 9.10. The van der Waals surface area contributed by atoms with E-state index in [1.54, 1.807) is 11.3 Å². The fraction of sp³-hybridized carbons (Fsp3) is 0.533. The van der Waals surface area contributed by atoms with Crippen molar-refractivity contribution in [3.63, 3.8) is 0 Å². The number of nitrogens with one attached hydrogen (secondary N) is 1. The number of hydrogen-bond donors (Lipinski definition) is 2. The van der Waals surface area contributed by atoms with Crippen molar-refractivity contribution in [3.8, 4) is 0 Å². The summed E-state index contributed by atoms with van der Waals surface area (Å²) in [5.74, 6) is 0.405. The zero-order chi connectivity index (χ0) is 17.0. The highest BCUT2D eigenvalue weighted by atomic mass is 79.9. The van der Waals surface area contributed by atoms with Crippen molar-refractivity contribution in [3.05, 3.63) is 26.6 Å². The monoisotopic (exact) mass is 401 g/mol. The molecule has 126 valence electrons. The van der Waals surface area contributed by atoms with Gasteiger partial charge in [-0.3, -0.25) is 0 Å². The molecule has 0 amide bonds. The molecular formula is C15H21BrFN5S. The Balaban J connectivity index is 2.04. The number of alkyl halides is 1. The van der Waals surface area contributed by atoms with Crippen molar-refractivity contribution < 1.29 is 4.39 Å². The van der Waals surface area contributed by atoms with E-state index in [1.807, 2.05) is 0 Å². The number of thiophene rings is 1. The highest BCUT2D eigenvalue weighted by Crippen LogP contribution is 2.25. The number of halogens is 2. The maximum absolute atomic E-state index is 14.0. The van der Waals surface area contributed by atoms with Crippen LogP contribution in [0.1, 0.15) is 44.3 Å². The lowest BCUT2D eigenvalue weighted by molar-refractivity contribution is 0.206. The van der Waals surface area contributed by atoms with E-state index in [-0.39, 0.29) is 17.8 Å². The van der Waals surface area contributed by atoms with Crippen LogP contribution in [-0.2, 0) is 12.1 Å². The van der Waals surface area contributed by atoms with Gasteiger partial charge in [-0.15, -0.1) is 11.3 Å². The van der Waals surface area contributed by atoms with E-state index < -0.39 is 5.67 Å². The molecule has 0 fully saturated rings. The molecule has 0 spiro atoms. The predicted octanol–water partition coefficient (Wildman–Crippen LogP) is 4.31. The van der Waals surface area contributed by atoms with Crippen LogP contribution >= 0.6 is 27.3 Å². The van der Waals surface area contributed by atoms with E-state index >= 15 is 0 Å². The Morgan fingerprint density at radius 2 is 2.09 bits per heavy atom. The van der Waals surface area contributed by atoms with E-state index in [1.165, 1.54) is 18.7 Å². The Bertz CT molecular complexity index is 656. The Hall–Kier alpha value is -1.28. The molecule has 3 N–H and O–H groups in total. The van der Waals surface area contributed by atoms with Crippen molar-refractivity contribution in [2.24, 2.45) is 0 Å². The number of anilines is 2. The van der Waals surface area contributed by atoms with Gasteiger partial charge in [-0.2, -0.15) is 15.0 Å². The molecule has 0 saturated carbocycles. The molecule has 2 rings (SSSR count). The van der Waals surface area contributed by atoms with Crippen LogP contribution in [0.15, 0.2) is 15.9 Å². The number of aryl methyl sites for hydroxylation is 1. The molecule has 0 bridgehead atoms. The first kappa shape index (κ1) is 18.1. The number of nitrogens with zero attached hydrogens (tertiary/aromatic N) is 3. The first-order chi connectivity index (χ1) is 10.8. The fourth-order valence-electron chi connectivity index (χ4n) is 2.09. The van der Waals surface area contributed by atoms with Gasteiger partial charge >= 0.3 is 0 Å². The highest BCUT2D eigenvalue weighted by Gasteiger charge is 2.24. The van der Waals surface area contributed by atoms with Gasteiger partial charge in [0.2, 0.25) is 11.9 Å². The van der Waals surface area contributed by atoms with Crippen LogP contribution < -0.4 is 11.1 Å². The molecule has 0 aliphatic carbocycles. The minimum absolute atomic E-state index is 0.0280. The van der Waals surface area contributed by atoms with Crippen LogP contribution in [0.2, 0.25) is 0 Å². The van der Waals surface area contributed by atoms with Crippen molar-refractivity contribution in [2.75, 3.05) is 11.1 Å². The number of aromatic nitrogens is 3. The van der Waals surface area contributed by atoms with Crippen LogP contribution in [-0.4, -0.2) is 21.0 Å². The van der Waals surface area contributed by atoms with Crippen molar-refractivity contribution in [1.82, 2.24) is 15.0 Å². The van der Waals surface area contributed by atoms with Gasteiger partial charge in [0.1, 0.15) is 0 Å². The van der Waals surface area contributed by atoms with Gasteiger partial charge in [0.15, 0.2) is 11.5 Å². The van der Waals surface area contributed by atoms with Crippen LogP contribution in [0.4, 0.5) is 16.3 Å². The van der Waals surface area contributed by atoms with Crippen LogP contribution in [0.3, 0.4) is 0 Å². The molecule has 8 heteroatoms. The quantitative estimate of drug-likeness (QED) is 0.722. The molecule has 2 heterocycles. The molecule has 1 atom stereocenters. The largest absolute Gasteiger partial charge is 0.368 e. The fourth-order valence-corrected chi connectivity index (χ4v) is 3.58. The Morgan fingerprint density at radius 3 is 2.65 bits per heavy atom. The topological polar surface area (TPSA) is 76.7 Å². The minimum Gasteiger partial charge on any atom is -0.368 e. The summed E-state index contributed by atoms with van der Waals surface area (Å²) in [5.41, 5.74) is 4.01. The third-order valence-corrected chi connectivity index (χ3v) is 5.06. The lowest BCUT2D eigenvalue weighted by atomic mass is 10.1. The highest BCUT2D eigenvalue weighted by molar-refractivity contribution is 9.11. The maximum Gasteiger partial charge on any atom is 0.228 e. The Labute approximate surface area is 148 Å². The van der Waals surface area contributed by atoms with E-state index in [4.69, 9.17) is 5.73 Å². The smallest absolute Gasteiger partial charge is 0.228 e. The van der Waals surface area contributed by atoms with Gasteiger partial charge in [-0.1, -0.05) is 6.92 Å². The molecule has 5 nitrogen and oxygen atoms in total. The molecule has 0 aliphatic heterocycles. The summed E-state index contributed by atoms with van der Waals surface area (Å²) in [4.78, 5) is 13.4. The van der Waals surface area contributed by atoms with E-state index in [2.05, 4.69) is 55.3 Å². The third-order valence-electron chi connectivity index (χ3n) is 3.38. The first-order valence-electron chi connectivity index (χ1n) is 7.49. The van der Waals surface area contributed by atoms with Crippen molar-refractivity contribution in [1.29, 1.82) is 0 Å². The summed E-state index contributed by atoms with van der Waals surface area (Å²) in [6, 6.07) is 4.36. The molecule has 0 aliphatic rings. The SMILES string of the molecule is CCC(CCc1ccc(Br)s1)Nc1nc(N)nc(C(C)(C)F)n1. The maximum atomic E-state index is 14.0. The predicted molar refractivity (Wildman–Crippen MR) is 96.4 cm³/mol. The van der Waals surface area contributed by atoms with Crippen LogP contribution in [0.5, 0.6) is 0 Å². The van der Waals surface area contributed by atoms with Crippen molar-refractivity contribution >= 4 is 39.2 Å². The van der Waals surface area contributed by atoms with Gasteiger partial charge < -0.3 is 11.1 Å². The normalized spacial score (nSPS) is 13.1. The molecule has 23 heavy (non-hydrogen) atoms. The Morgan fingerprint density at radius 1 is 1.35 bits per heavy atom. The average molecular weight is 402 g/mol. The third kappa shape index (κ3) is 5.39. The second-order valence-corrected chi connectivity index (χ2v) is 8.35. The van der Waals surface area contributed by atoms with Gasteiger partial charge in [-0.25, -0.2) is 4.39 Å². The number of rotatable bonds is 7.